The molecule has 0 fully saturated rings. The van der Waals surface area contributed by atoms with Crippen LogP contribution in [-0.2, 0) is 16.1 Å². The second-order valence-corrected chi connectivity index (χ2v) is 14.4. The van der Waals surface area contributed by atoms with E-state index in [1.54, 1.807) is 23.6 Å². The molecule has 0 aliphatic carbocycles. The van der Waals surface area contributed by atoms with Crippen molar-refractivity contribution in [2.75, 3.05) is 6.61 Å². The van der Waals surface area contributed by atoms with Crippen LogP contribution in [0.4, 0.5) is 0 Å². The van der Waals surface area contributed by atoms with Crippen LogP contribution < -0.4 is 19.6 Å². The third-order valence-corrected chi connectivity index (χ3v) is 10.3. The summed E-state index contributed by atoms with van der Waals surface area (Å²) in [5.41, 5.74) is 3.82. The van der Waals surface area contributed by atoms with Gasteiger partial charge in [-0.1, -0.05) is 89.1 Å². The molecule has 0 saturated carbocycles. The van der Waals surface area contributed by atoms with Gasteiger partial charge >= 0.3 is 5.97 Å². The minimum atomic E-state index is -0.770. The maximum atomic E-state index is 14.2. The molecule has 2 heterocycles. The lowest BCUT2D eigenvalue weighted by molar-refractivity contribution is -0.138. The van der Waals surface area contributed by atoms with Gasteiger partial charge in [-0.2, -0.15) is 0 Å². The second kappa shape index (κ2) is 14.4. The van der Waals surface area contributed by atoms with Gasteiger partial charge in [-0.15, -0.1) is 0 Å². The molecule has 0 saturated heterocycles. The third-order valence-electron chi connectivity index (χ3n) is 7.17. The number of fused-ring (bicyclic) bond motifs is 1. The number of esters is 1. The molecule has 6 rings (SSSR count). The van der Waals surface area contributed by atoms with Crippen molar-refractivity contribution in [1.82, 2.24) is 4.57 Å². The van der Waals surface area contributed by atoms with Crippen LogP contribution >= 0.6 is 79.7 Å². The van der Waals surface area contributed by atoms with E-state index in [2.05, 4.69) is 45.2 Å². The number of hydrogen-bond donors (Lipinski definition) is 0. The Kier molecular flexibility index (Phi) is 10.3. The van der Waals surface area contributed by atoms with E-state index in [1.165, 1.54) is 11.3 Å². The molecule has 232 valence electrons. The molecule has 11 heteroatoms. The summed E-state index contributed by atoms with van der Waals surface area (Å²) in [6, 6.07) is 27.3. The Bertz CT molecular complexity index is 2120. The van der Waals surface area contributed by atoms with Crippen LogP contribution in [0.1, 0.15) is 35.2 Å². The summed E-state index contributed by atoms with van der Waals surface area (Å²) in [7, 11) is 0. The molecule has 1 aliphatic heterocycles. The lowest BCUT2D eigenvalue weighted by Crippen LogP contribution is -2.40. The van der Waals surface area contributed by atoms with Gasteiger partial charge in [0.2, 0.25) is 0 Å². The third kappa shape index (κ3) is 6.98. The average Bonchev–Trinajstić information content (AvgIpc) is 3.35. The first-order valence-electron chi connectivity index (χ1n) is 14.1. The van der Waals surface area contributed by atoms with Crippen molar-refractivity contribution < 1.29 is 14.3 Å². The number of carbonyl (C=O) groups is 1. The Hall–Kier alpha value is -2.97. The van der Waals surface area contributed by atoms with E-state index in [0.717, 1.165) is 35.1 Å². The van der Waals surface area contributed by atoms with E-state index >= 15 is 0 Å². The molecule has 46 heavy (non-hydrogen) atoms. The highest BCUT2D eigenvalue weighted by molar-refractivity contribution is 14.1. The fourth-order valence-electron chi connectivity index (χ4n) is 5.09. The van der Waals surface area contributed by atoms with Crippen molar-refractivity contribution in [3.63, 3.8) is 0 Å². The van der Waals surface area contributed by atoms with Crippen molar-refractivity contribution in [3.8, 4) is 5.75 Å². The maximum Gasteiger partial charge on any atom is 0.338 e. The topological polar surface area (TPSA) is 69.9 Å². The van der Waals surface area contributed by atoms with Crippen molar-refractivity contribution in [1.29, 1.82) is 0 Å². The molecule has 6 nitrogen and oxygen atoms in total. The Morgan fingerprint density at radius 1 is 0.957 bits per heavy atom. The molecule has 1 atom stereocenters. The van der Waals surface area contributed by atoms with Gasteiger partial charge in [0.1, 0.15) is 12.4 Å². The number of aromatic nitrogens is 1. The number of ether oxygens (including phenoxy) is 2. The molecule has 0 amide bonds. The minimum absolute atomic E-state index is 0.179. The molecule has 1 aromatic heterocycles. The van der Waals surface area contributed by atoms with Crippen LogP contribution in [-0.4, -0.2) is 17.1 Å². The van der Waals surface area contributed by atoms with Crippen LogP contribution in [0.2, 0.25) is 10.0 Å². The zero-order valence-electron chi connectivity index (χ0n) is 24.2. The summed E-state index contributed by atoms with van der Waals surface area (Å²) in [4.78, 5) is 33.2. The van der Waals surface area contributed by atoms with Crippen LogP contribution in [0.5, 0.6) is 5.75 Å². The fraction of sp³-hybridized carbons (Fsp3) is 0.114. The van der Waals surface area contributed by atoms with E-state index < -0.39 is 12.0 Å². The van der Waals surface area contributed by atoms with Gasteiger partial charge in [0.25, 0.3) is 5.56 Å². The van der Waals surface area contributed by atoms with E-state index in [0.29, 0.717) is 37.3 Å². The first kappa shape index (κ1) is 33.0. The first-order chi connectivity index (χ1) is 22.2. The highest BCUT2D eigenvalue weighted by Gasteiger charge is 2.35. The second-order valence-electron chi connectivity index (χ2n) is 10.2. The molecular formula is C35H24Cl2I2N2O4S. The zero-order valence-corrected chi connectivity index (χ0v) is 30.8. The number of carbonyl (C=O) groups excluding carboxylic acids is 1. The molecule has 0 N–H and O–H groups in total. The predicted octanol–water partition coefficient (Wildman–Crippen LogP) is 8.03. The van der Waals surface area contributed by atoms with Gasteiger partial charge in [0.15, 0.2) is 4.80 Å². The van der Waals surface area contributed by atoms with Crippen molar-refractivity contribution in [2.45, 2.75) is 19.6 Å². The number of rotatable bonds is 8. The van der Waals surface area contributed by atoms with Crippen LogP contribution in [0, 0.1) is 7.14 Å². The monoisotopic (exact) mass is 892 g/mol. The van der Waals surface area contributed by atoms with Crippen molar-refractivity contribution >= 4 is 97.5 Å². The number of halogens is 4. The molecule has 0 unspecified atom stereocenters. The molecular weight excluding hydrogens is 869 g/mol. The van der Waals surface area contributed by atoms with E-state index in [9.17, 15) is 9.59 Å². The Morgan fingerprint density at radius 3 is 2.22 bits per heavy atom. The normalized spacial score (nSPS) is 14.5. The van der Waals surface area contributed by atoms with Crippen LogP contribution in [0.15, 0.2) is 106 Å². The SMILES string of the molecule is CCOC(=O)C1=C(c2ccccc2)N=c2s/c(=C\c3cc(I)c(OCc4ccc(Cl)cc4)c(I)c3)c(=O)n2[C@@H]1c1ccc(Cl)cc1. The summed E-state index contributed by atoms with van der Waals surface area (Å²) < 4.78 is 15.6. The van der Waals surface area contributed by atoms with Crippen molar-refractivity contribution in [2.24, 2.45) is 4.99 Å². The lowest BCUT2D eigenvalue weighted by atomic mass is 9.93. The largest absolute Gasteiger partial charge is 0.487 e. The van der Waals surface area contributed by atoms with Crippen molar-refractivity contribution in [3.05, 3.63) is 156 Å². The molecule has 4 aromatic carbocycles. The van der Waals surface area contributed by atoms with Gasteiger partial charge in [-0.25, -0.2) is 9.79 Å². The number of nitrogens with zero attached hydrogens (tertiary/aromatic N) is 2. The summed E-state index contributed by atoms with van der Waals surface area (Å²) >= 11 is 18.0. The summed E-state index contributed by atoms with van der Waals surface area (Å²) in [5.74, 6) is 0.238. The predicted molar refractivity (Wildman–Crippen MR) is 200 cm³/mol. The summed E-state index contributed by atoms with van der Waals surface area (Å²) in [6.45, 7) is 2.33. The first-order valence-corrected chi connectivity index (χ1v) is 17.9. The average molecular weight is 893 g/mol. The minimum Gasteiger partial charge on any atom is -0.487 e. The van der Waals surface area contributed by atoms with E-state index in [-0.39, 0.29) is 12.2 Å². The summed E-state index contributed by atoms with van der Waals surface area (Å²) in [6.07, 6.45) is 1.85. The molecule has 0 spiro atoms. The van der Waals surface area contributed by atoms with Crippen LogP contribution in [0.3, 0.4) is 0 Å². The van der Waals surface area contributed by atoms with Gasteiger partial charge in [0.05, 0.1) is 35.6 Å². The van der Waals surface area contributed by atoms with Gasteiger partial charge in [-0.05, 0) is 111 Å². The molecule has 0 bridgehead atoms. The Labute approximate surface area is 306 Å². The number of thiazole rings is 1. The number of hydrogen-bond acceptors (Lipinski definition) is 6. The van der Waals surface area contributed by atoms with Gasteiger partial charge in [-0.3, -0.25) is 9.36 Å². The molecule has 0 radical (unpaired) electrons. The highest BCUT2D eigenvalue weighted by Crippen LogP contribution is 2.36. The van der Waals surface area contributed by atoms with Gasteiger partial charge < -0.3 is 9.47 Å². The zero-order chi connectivity index (χ0) is 32.4. The standard InChI is InChI=1S/C35H24Cl2I2N2O4S/c1-2-44-34(43)29-30(22-6-4-3-5-7-22)40-35-41(31(29)23-10-14-25(37)15-11-23)33(42)28(46-35)18-21-16-26(38)32(27(39)17-21)45-19-20-8-12-24(36)13-9-20/h3-18,31H,2,19H2,1H3/b28-18-/t31-/m1/s1. The quantitative estimate of drug-likeness (QED) is 0.117. The van der Waals surface area contributed by atoms with Gasteiger partial charge in [0, 0.05) is 15.6 Å². The Morgan fingerprint density at radius 2 is 1.59 bits per heavy atom. The molecule has 5 aromatic rings. The highest BCUT2D eigenvalue weighted by atomic mass is 127. The van der Waals surface area contributed by atoms with E-state index in [4.69, 9.17) is 37.7 Å². The Balaban J connectivity index is 1.47. The van der Waals surface area contributed by atoms with Crippen LogP contribution in [0.25, 0.3) is 11.8 Å². The lowest BCUT2D eigenvalue weighted by Gasteiger charge is -2.25. The van der Waals surface area contributed by atoms with E-state index in [1.807, 2.05) is 84.9 Å². The number of benzene rings is 4. The fourth-order valence-corrected chi connectivity index (χ4v) is 8.47. The summed E-state index contributed by atoms with van der Waals surface area (Å²) in [5, 5.41) is 1.22. The molecule has 1 aliphatic rings. The smallest absolute Gasteiger partial charge is 0.338 e. The maximum absolute atomic E-state index is 14.2.